The van der Waals surface area contributed by atoms with Gasteiger partial charge >= 0.3 is 0 Å². The summed E-state index contributed by atoms with van der Waals surface area (Å²) in [5, 5.41) is 7.11. The SMILES string of the molecule is CC1C(=O)Nc2ccc(C3=NNC(=O)C4CCC34)cc21. The van der Waals surface area contributed by atoms with Crippen LogP contribution < -0.4 is 10.7 Å². The van der Waals surface area contributed by atoms with Crippen LogP contribution in [-0.4, -0.2) is 17.5 Å². The molecule has 1 fully saturated rings. The quantitative estimate of drug-likeness (QED) is 0.813. The number of carbonyl (C=O) groups excluding carboxylic acids is 2. The number of hydrogen-bond donors (Lipinski definition) is 2. The first-order valence-corrected chi connectivity index (χ1v) is 6.98. The number of hydrazone groups is 1. The number of hydrogen-bond acceptors (Lipinski definition) is 3. The number of fused-ring (bicyclic) bond motifs is 2. The van der Waals surface area contributed by atoms with Crippen molar-refractivity contribution in [3.8, 4) is 0 Å². The summed E-state index contributed by atoms with van der Waals surface area (Å²) in [4.78, 5) is 23.3. The molecule has 3 aliphatic rings. The third-order valence-corrected chi connectivity index (χ3v) is 4.71. The Morgan fingerprint density at radius 1 is 1.15 bits per heavy atom. The number of nitrogens with zero attached hydrogens (tertiary/aromatic N) is 1. The van der Waals surface area contributed by atoms with E-state index in [0.29, 0.717) is 0 Å². The van der Waals surface area contributed by atoms with E-state index in [1.54, 1.807) is 0 Å². The molecule has 4 rings (SSSR count). The van der Waals surface area contributed by atoms with E-state index in [1.165, 1.54) is 0 Å². The Balaban J connectivity index is 1.74. The largest absolute Gasteiger partial charge is 0.325 e. The van der Waals surface area contributed by atoms with E-state index >= 15 is 0 Å². The van der Waals surface area contributed by atoms with E-state index in [9.17, 15) is 9.59 Å². The number of amides is 2. The fourth-order valence-electron chi connectivity index (χ4n) is 3.28. The van der Waals surface area contributed by atoms with Gasteiger partial charge in [-0.25, -0.2) is 5.43 Å². The molecule has 2 heterocycles. The normalized spacial score (nSPS) is 30.6. The highest BCUT2D eigenvalue weighted by molar-refractivity contribution is 6.09. The van der Waals surface area contributed by atoms with Gasteiger partial charge in [0.2, 0.25) is 11.8 Å². The minimum Gasteiger partial charge on any atom is -0.325 e. The molecule has 5 nitrogen and oxygen atoms in total. The summed E-state index contributed by atoms with van der Waals surface area (Å²) in [6.45, 7) is 1.90. The van der Waals surface area contributed by atoms with Gasteiger partial charge in [0, 0.05) is 17.5 Å². The zero-order valence-electron chi connectivity index (χ0n) is 11.1. The van der Waals surface area contributed by atoms with E-state index in [0.717, 1.165) is 35.4 Å². The third kappa shape index (κ3) is 1.46. The van der Waals surface area contributed by atoms with Crippen LogP contribution in [0.25, 0.3) is 0 Å². The van der Waals surface area contributed by atoms with E-state index in [-0.39, 0.29) is 29.6 Å². The molecule has 0 radical (unpaired) electrons. The van der Waals surface area contributed by atoms with Crippen molar-refractivity contribution in [1.82, 2.24) is 5.43 Å². The number of rotatable bonds is 1. The summed E-state index contributed by atoms with van der Waals surface area (Å²) < 4.78 is 0. The highest BCUT2D eigenvalue weighted by atomic mass is 16.2. The first-order chi connectivity index (χ1) is 9.65. The number of anilines is 1. The van der Waals surface area contributed by atoms with Gasteiger partial charge in [0.25, 0.3) is 0 Å². The van der Waals surface area contributed by atoms with Crippen molar-refractivity contribution in [2.45, 2.75) is 25.7 Å². The third-order valence-electron chi connectivity index (χ3n) is 4.71. The van der Waals surface area contributed by atoms with E-state index in [2.05, 4.69) is 15.8 Å². The molecule has 2 N–H and O–H groups in total. The first kappa shape index (κ1) is 11.6. The van der Waals surface area contributed by atoms with Crippen molar-refractivity contribution >= 4 is 23.2 Å². The molecule has 3 atom stereocenters. The van der Waals surface area contributed by atoms with Crippen molar-refractivity contribution in [3.05, 3.63) is 29.3 Å². The predicted octanol–water partition coefficient (Wildman–Crippen LogP) is 1.60. The molecule has 3 unspecified atom stereocenters. The molecule has 20 heavy (non-hydrogen) atoms. The highest BCUT2D eigenvalue weighted by Gasteiger charge is 2.43. The number of nitrogens with one attached hydrogen (secondary N) is 2. The molecule has 1 aromatic rings. The van der Waals surface area contributed by atoms with Crippen molar-refractivity contribution in [3.63, 3.8) is 0 Å². The van der Waals surface area contributed by atoms with Gasteiger partial charge < -0.3 is 5.32 Å². The van der Waals surface area contributed by atoms with Crippen LogP contribution in [0.2, 0.25) is 0 Å². The highest BCUT2D eigenvalue weighted by Crippen LogP contribution is 2.40. The second-order valence-electron chi connectivity index (χ2n) is 5.78. The summed E-state index contributed by atoms with van der Waals surface area (Å²) in [7, 11) is 0. The molecular weight excluding hydrogens is 254 g/mol. The molecule has 1 saturated carbocycles. The zero-order chi connectivity index (χ0) is 13.9. The smallest absolute Gasteiger partial charge is 0.243 e. The molecular formula is C15H15N3O2. The Bertz CT molecular complexity index is 665. The van der Waals surface area contributed by atoms with Gasteiger partial charge in [-0.3, -0.25) is 9.59 Å². The van der Waals surface area contributed by atoms with Crippen LogP contribution in [-0.2, 0) is 9.59 Å². The molecule has 1 aromatic carbocycles. The Morgan fingerprint density at radius 3 is 2.70 bits per heavy atom. The topological polar surface area (TPSA) is 70.6 Å². The van der Waals surface area contributed by atoms with Gasteiger partial charge in [-0.2, -0.15) is 5.10 Å². The second-order valence-corrected chi connectivity index (χ2v) is 5.78. The molecule has 102 valence electrons. The maximum Gasteiger partial charge on any atom is 0.243 e. The minimum absolute atomic E-state index is 0.0383. The van der Waals surface area contributed by atoms with Crippen LogP contribution >= 0.6 is 0 Å². The first-order valence-electron chi connectivity index (χ1n) is 6.98. The van der Waals surface area contributed by atoms with Crippen molar-refractivity contribution < 1.29 is 9.59 Å². The Labute approximate surface area is 116 Å². The Morgan fingerprint density at radius 2 is 1.95 bits per heavy atom. The van der Waals surface area contributed by atoms with E-state index in [1.807, 2.05) is 25.1 Å². The van der Waals surface area contributed by atoms with Gasteiger partial charge in [-0.1, -0.05) is 6.07 Å². The molecule has 0 bridgehead atoms. The van der Waals surface area contributed by atoms with Crippen molar-refractivity contribution in [1.29, 1.82) is 0 Å². The standard InChI is InChI=1S/C15H15N3O2/c1-7-11-6-8(2-5-12(11)16-14(7)19)13-9-3-4-10(9)15(20)18-17-13/h2,5-7,9-10H,3-4H2,1H3,(H,16,19)(H,18,20). The maximum absolute atomic E-state index is 11.7. The van der Waals surface area contributed by atoms with E-state index < -0.39 is 0 Å². The van der Waals surface area contributed by atoms with E-state index in [4.69, 9.17) is 0 Å². The lowest BCUT2D eigenvalue weighted by Crippen LogP contribution is -2.47. The Hall–Kier alpha value is -2.17. The average Bonchev–Trinajstić information content (AvgIpc) is 2.67. The summed E-state index contributed by atoms with van der Waals surface area (Å²) in [6.07, 6.45) is 1.96. The van der Waals surface area contributed by atoms with Gasteiger partial charge in [0.15, 0.2) is 0 Å². The van der Waals surface area contributed by atoms with Crippen LogP contribution in [0, 0.1) is 11.8 Å². The molecule has 2 aliphatic heterocycles. The molecule has 0 spiro atoms. The van der Waals surface area contributed by atoms with Crippen molar-refractivity contribution in [2.24, 2.45) is 16.9 Å². The lowest BCUT2D eigenvalue weighted by atomic mass is 9.68. The molecule has 0 saturated heterocycles. The lowest BCUT2D eigenvalue weighted by Gasteiger charge is -2.38. The van der Waals surface area contributed by atoms with Gasteiger partial charge in [0.05, 0.1) is 11.6 Å². The molecule has 0 aromatic heterocycles. The average molecular weight is 269 g/mol. The number of benzene rings is 1. The molecule has 5 heteroatoms. The summed E-state index contributed by atoms with van der Waals surface area (Å²) >= 11 is 0. The summed E-state index contributed by atoms with van der Waals surface area (Å²) in [5.41, 5.74) is 6.49. The summed E-state index contributed by atoms with van der Waals surface area (Å²) in [5.74, 6) is 0.268. The van der Waals surface area contributed by atoms with Gasteiger partial charge in [-0.05, 0) is 43.0 Å². The Kier molecular flexibility index (Phi) is 2.28. The molecule has 1 aliphatic carbocycles. The minimum atomic E-state index is -0.124. The fraction of sp³-hybridized carbons (Fsp3) is 0.400. The van der Waals surface area contributed by atoms with Crippen LogP contribution in [0.4, 0.5) is 5.69 Å². The van der Waals surface area contributed by atoms with Gasteiger partial charge in [-0.15, -0.1) is 0 Å². The van der Waals surface area contributed by atoms with Crippen LogP contribution in [0.5, 0.6) is 0 Å². The van der Waals surface area contributed by atoms with Crippen molar-refractivity contribution in [2.75, 3.05) is 5.32 Å². The predicted molar refractivity (Wildman–Crippen MR) is 74.4 cm³/mol. The zero-order valence-corrected chi connectivity index (χ0v) is 11.1. The number of carbonyl (C=O) groups is 2. The fourth-order valence-corrected chi connectivity index (χ4v) is 3.28. The van der Waals surface area contributed by atoms with Crippen LogP contribution in [0.3, 0.4) is 0 Å². The second kappa shape index (κ2) is 3.91. The maximum atomic E-state index is 11.7. The van der Waals surface area contributed by atoms with Gasteiger partial charge in [0.1, 0.15) is 0 Å². The molecule has 2 amide bonds. The lowest BCUT2D eigenvalue weighted by molar-refractivity contribution is -0.129. The summed E-state index contributed by atoms with van der Waals surface area (Å²) in [6, 6.07) is 5.94. The monoisotopic (exact) mass is 269 g/mol. The van der Waals surface area contributed by atoms with Crippen LogP contribution in [0.1, 0.15) is 36.8 Å². The van der Waals surface area contributed by atoms with Crippen LogP contribution in [0.15, 0.2) is 23.3 Å².